The summed E-state index contributed by atoms with van der Waals surface area (Å²) in [6.07, 6.45) is 1.74. The zero-order chi connectivity index (χ0) is 17.7. The van der Waals surface area contributed by atoms with Crippen molar-refractivity contribution >= 4 is 56.8 Å². The van der Waals surface area contributed by atoms with E-state index in [0.29, 0.717) is 16.4 Å². The minimum atomic E-state index is -0.467. The molecule has 8 heteroatoms. The minimum absolute atomic E-state index is 0.0633. The predicted molar refractivity (Wildman–Crippen MR) is 106 cm³/mol. The van der Waals surface area contributed by atoms with Gasteiger partial charge >= 0.3 is 0 Å². The van der Waals surface area contributed by atoms with Gasteiger partial charge in [0.1, 0.15) is 5.69 Å². The van der Waals surface area contributed by atoms with Gasteiger partial charge in [0, 0.05) is 15.2 Å². The van der Waals surface area contributed by atoms with Crippen molar-refractivity contribution < 1.29 is 9.72 Å². The lowest BCUT2D eigenvalue weighted by atomic mass is 10.1. The number of rotatable bonds is 3. The van der Waals surface area contributed by atoms with E-state index < -0.39 is 10.8 Å². The van der Waals surface area contributed by atoms with Crippen LogP contribution in [0.25, 0.3) is 0 Å². The molecule has 0 spiro atoms. The molecule has 0 aliphatic carbocycles. The smallest absolute Gasteiger partial charge is 0.293 e. The molecule has 0 fully saturated rings. The Labute approximate surface area is 157 Å². The van der Waals surface area contributed by atoms with Gasteiger partial charge in [0.2, 0.25) is 0 Å². The van der Waals surface area contributed by atoms with Crippen LogP contribution in [0, 0.1) is 20.6 Å². The number of aliphatic imine (C=N–C) groups is 1. The number of aryl methyl sites for hydroxylation is 1. The van der Waals surface area contributed by atoms with Crippen LogP contribution in [0.5, 0.6) is 0 Å². The molecule has 0 saturated carbocycles. The lowest BCUT2D eigenvalue weighted by Crippen LogP contribution is -2.12. The molecule has 0 bridgehead atoms. The normalized spacial score (nSPS) is 11.2. The number of amides is 1. The molecule has 0 unspecified atom stereocenters. The first kappa shape index (κ1) is 18.4. The summed E-state index contributed by atoms with van der Waals surface area (Å²) in [4.78, 5) is 27.0. The molecule has 2 rings (SSSR count). The molecule has 0 saturated heterocycles. The molecule has 1 amide bonds. The molecule has 0 aliphatic heterocycles. The van der Waals surface area contributed by atoms with Crippen molar-refractivity contribution in [3.63, 3.8) is 0 Å². The number of anilines is 1. The van der Waals surface area contributed by atoms with Gasteiger partial charge in [-0.15, -0.1) is 0 Å². The van der Waals surface area contributed by atoms with Crippen LogP contribution in [0.3, 0.4) is 0 Å². The van der Waals surface area contributed by atoms with Gasteiger partial charge in [-0.05, 0) is 60.0 Å². The van der Waals surface area contributed by atoms with Gasteiger partial charge in [0.05, 0.1) is 4.92 Å². The molecule has 1 N–H and O–H groups in total. The maximum absolute atomic E-state index is 12.3. The van der Waals surface area contributed by atoms with Crippen LogP contribution < -0.4 is 5.32 Å². The molecule has 0 aliphatic rings. The zero-order valence-corrected chi connectivity index (χ0v) is 15.9. The fraction of sp³-hybridized carbons (Fsp3) is 0.125. The Morgan fingerprint density at radius 3 is 2.67 bits per heavy atom. The predicted octanol–water partition coefficient (Wildman–Crippen LogP) is 4.48. The number of nitro benzene ring substituents is 1. The maximum atomic E-state index is 12.3. The summed E-state index contributed by atoms with van der Waals surface area (Å²) in [5.41, 5.74) is 1.67. The quantitative estimate of drug-likeness (QED) is 0.243. The average Bonchev–Trinajstić information content (AvgIpc) is 2.55. The van der Waals surface area contributed by atoms with E-state index in [1.165, 1.54) is 17.8 Å². The summed E-state index contributed by atoms with van der Waals surface area (Å²) in [6, 6.07) is 11.9. The molecule has 6 nitrogen and oxygen atoms in total. The number of hydrogen-bond donors (Lipinski definition) is 1. The van der Waals surface area contributed by atoms with Crippen molar-refractivity contribution in [2.45, 2.75) is 6.92 Å². The molecule has 0 heterocycles. The van der Waals surface area contributed by atoms with Gasteiger partial charge in [-0.2, -0.15) is 4.99 Å². The summed E-state index contributed by atoms with van der Waals surface area (Å²) in [6.45, 7) is 1.89. The van der Waals surface area contributed by atoms with Gasteiger partial charge in [-0.3, -0.25) is 14.9 Å². The lowest BCUT2D eigenvalue weighted by molar-refractivity contribution is -0.384. The highest BCUT2D eigenvalue weighted by molar-refractivity contribution is 14.1. The lowest BCUT2D eigenvalue weighted by Gasteiger charge is -2.08. The number of hydrogen-bond acceptors (Lipinski definition) is 4. The van der Waals surface area contributed by atoms with Gasteiger partial charge in [-0.1, -0.05) is 29.5 Å². The second-order valence-electron chi connectivity index (χ2n) is 4.84. The molecular formula is C16H14IN3O3S. The maximum Gasteiger partial charge on any atom is 0.293 e. The number of benzene rings is 2. The zero-order valence-electron chi connectivity index (χ0n) is 12.9. The summed E-state index contributed by atoms with van der Waals surface area (Å²) >= 11 is 3.22. The van der Waals surface area contributed by atoms with Crippen molar-refractivity contribution in [2.24, 2.45) is 4.99 Å². The highest BCUT2D eigenvalue weighted by atomic mass is 127. The molecule has 0 aromatic heterocycles. The second kappa shape index (κ2) is 8.25. The number of nitrogens with zero attached hydrogens (tertiary/aromatic N) is 2. The largest absolute Gasteiger partial charge is 0.329 e. The van der Waals surface area contributed by atoms with Crippen molar-refractivity contribution in [1.29, 1.82) is 0 Å². The van der Waals surface area contributed by atoms with E-state index in [2.05, 4.69) is 10.3 Å². The van der Waals surface area contributed by atoms with Crippen molar-refractivity contribution in [3.05, 3.63) is 67.3 Å². The Bertz CT molecular complexity index is 824. The van der Waals surface area contributed by atoms with Crippen molar-refractivity contribution in [2.75, 3.05) is 11.6 Å². The monoisotopic (exact) mass is 455 g/mol. The number of carbonyl (C=O) groups excluding carboxylic acids is 1. The molecule has 24 heavy (non-hydrogen) atoms. The van der Waals surface area contributed by atoms with Crippen LogP contribution in [-0.2, 0) is 0 Å². The van der Waals surface area contributed by atoms with E-state index >= 15 is 0 Å². The van der Waals surface area contributed by atoms with Crippen LogP contribution in [0.2, 0.25) is 0 Å². The third-order valence-corrected chi connectivity index (χ3v) is 4.31. The number of nitro groups is 1. The van der Waals surface area contributed by atoms with E-state index in [4.69, 9.17) is 0 Å². The third-order valence-electron chi connectivity index (χ3n) is 3.06. The van der Waals surface area contributed by atoms with Gasteiger partial charge in [-0.25, -0.2) is 0 Å². The minimum Gasteiger partial charge on any atom is -0.329 e. The first-order valence-corrected chi connectivity index (χ1v) is 9.15. The topological polar surface area (TPSA) is 84.6 Å². The molecule has 2 aromatic carbocycles. The number of amidine groups is 1. The Kier molecular flexibility index (Phi) is 6.32. The van der Waals surface area contributed by atoms with Crippen LogP contribution in [0.1, 0.15) is 15.9 Å². The third kappa shape index (κ3) is 4.78. The highest BCUT2D eigenvalue weighted by Crippen LogP contribution is 2.27. The Morgan fingerprint density at radius 1 is 1.29 bits per heavy atom. The summed E-state index contributed by atoms with van der Waals surface area (Å²) in [5, 5.41) is 14.3. The number of halogens is 1. The second-order valence-corrected chi connectivity index (χ2v) is 6.88. The van der Waals surface area contributed by atoms with E-state index in [0.717, 1.165) is 9.13 Å². The molecular weight excluding hydrogens is 441 g/mol. The summed E-state index contributed by atoms with van der Waals surface area (Å²) < 4.78 is 0.753. The Balaban J connectivity index is 2.29. The van der Waals surface area contributed by atoms with E-state index in [-0.39, 0.29) is 5.69 Å². The Hall–Kier alpha value is -1.94. The fourth-order valence-corrected chi connectivity index (χ4v) is 2.80. The molecule has 0 radical (unpaired) electrons. The van der Waals surface area contributed by atoms with Gasteiger partial charge in [0.25, 0.3) is 11.6 Å². The fourth-order valence-electron chi connectivity index (χ4n) is 1.94. The van der Waals surface area contributed by atoms with Crippen LogP contribution in [-0.4, -0.2) is 22.3 Å². The van der Waals surface area contributed by atoms with E-state index in [1.807, 2.05) is 35.6 Å². The van der Waals surface area contributed by atoms with Gasteiger partial charge < -0.3 is 5.32 Å². The number of carbonyl (C=O) groups is 1. The van der Waals surface area contributed by atoms with E-state index in [9.17, 15) is 14.9 Å². The SMILES string of the molecule is CSC(=NC(=O)c1cccc(C)c1)Nc1ccc(I)cc1[N+](=O)[O-]. The molecule has 124 valence electrons. The van der Waals surface area contributed by atoms with Crippen LogP contribution in [0.4, 0.5) is 11.4 Å². The van der Waals surface area contributed by atoms with Gasteiger partial charge in [0.15, 0.2) is 5.17 Å². The highest BCUT2D eigenvalue weighted by Gasteiger charge is 2.16. The first-order chi connectivity index (χ1) is 11.4. The number of thioether (sulfide) groups is 1. The Morgan fingerprint density at radius 2 is 2.04 bits per heavy atom. The van der Waals surface area contributed by atoms with E-state index in [1.54, 1.807) is 36.6 Å². The van der Waals surface area contributed by atoms with Crippen LogP contribution >= 0.6 is 34.4 Å². The summed E-state index contributed by atoms with van der Waals surface area (Å²) in [5.74, 6) is -0.399. The number of nitrogens with one attached hydrogen (secondary N) is 1. The molecule has 2 aromatic rings. The van der Waals surface area contributed by atoms with Crippen molar-refractivity contribution in [3.8, 4) is 0 Å². The van der Waals surface area contributed by atoms with Crippen molar-refractivity contribution in [1.82, 2.24) is 0 Å². The molecule has 0 atom stereocenters. The van der Waals surface area contributed by atoms with Crippen LogP contribution in [0.15, 0.2) is 47.5 Å². The summed E-state index contributed by atoms with van der Waals surface area (Å²) in [7, 11) is 0. The first-order valence-electron chi connectivity index (χ1n) is 6.85. The standard InChI is InChI=1S/C16H14IN3O3S/c1-10-4-3-5-11(8-10)15(21)19-16(24-2)18-13-7-6-12(17)9-14(13)20(22)23/h3-9H,1-2H3,(H,18,19,21). The average molecular weight is 455 g/mol.